The first-order valence-corrected chi connectivity index (χ1v) is 7.87. The van der Waals surface area contributed by atoms with Crippen LogP contribution >= 0.6 is 0 Å². The van der Waals surface area contributed by atoms with Crippen molar-refractivity contribution in [2.24, 2.45) is 0 Å². The van der Waals surface area contributed by atoms with E-state index in [-0.39, 0.29) is 25.9 Å². The Kier molecular flexibility index (Phi) is 5.70. The Morgan fingerprint density at radius 3 is 2.68 bits per heavy atom. The topological polar surface area (TPSA) is 59.3 Å². The van der Waals surface area contributed by atoms with Gasteiger partial charge in [0.1, 0.15) is 11.3 Å². The Balaban J connectivity index is 0. The molecule has 0 aliphatic heterocycles. The third-order valence-corrected chi connectivity index (χ3v) is 3.25. The average molecular weight is 294 g/mol. The smallest absolute Gasteiger partial charge is 1.00 e. The van der Waals surface area contributed by atoms with Gasteiger partial charge in [0.25, 0.3) is 0 Å². The van der Waals surface area contributed by atoms with E-state index >= 15 is 0 Å². The zero-order chi connectivity index (χ0) is 13.2. The number of unbranched alkanes of at least 4 members (excludes halogenated alkanes) is 1. The number of sulfonamides is 1. The van der Waals surface area contributed by atoms with Crippen LogP contribution in [0.5, 0.6) is 0 Å². The fourth-order valence-corrected chi connectivity index (χ4v) is 2.41. The average Bonchev–Trinajstić information content (AvgIpc) is 2.66. The maximum Gasteiger partial charge on any atom is 2.00 e. The van der Waals surface area contributed by atoms with Crippen LogP contribution < -0.4 is 4.72 Å². The minimum atomic E-state index is -3.23. The molecule has 1 aromatic carbocycles. The normalized spacial score (nSPS) is 11.3. The Bertz CT molecular complexity index is 658. The van der Waals surface area contributed by atoms with Gasteiger partial charge in [0.2, 0.25) is 10.0 Å². The summed E-state index contributed by atoms with van der Waals surface area (Å²) < 4.78 is 30.4. The van der Waals surface area contributed by atoms with Gasteiger partial charge in [-0.15, -0.1) is 0 Å². The quantitative estimate of drug-likeness (QED) is 0.862. The Morgan fingerprint density at radius 2 is 2.05 bits per heavy atom. The zero-order valence-corrected chi connectivity index (χ0v) is 13.5. The van der Waals surface area contributed by atoms with Crippen molar-refractivity contribution in [3.63, 3.8) is 0 Å². The number of anilines is 1. The van der Waals surface area contributed by atoms with Crippen molar-refractivity contribution in [3.05, 3.63) is 30.0 Å². The molecule has 0 radical (unpaired) electrons. The monoisotopic (exact) mass is 293 g/mol. The van der Waals surface area contributed by atoms with Crippen molar-refractivity contribution in [2.75, 3.05) is 11.0 Å². The van der Waals surface area contributed by atoms with Gasteiger partial charge in [-0.25, -0.2) is 8.42 Å². The van der Waals surface area contributed by atoms with E-state index in [1.807, 2.05) is 6.07 Å². The predicted molar refractivity (Wildman–Crippen MR) is 81.3 cm³/mol. The van der Waals surface area contributed by atoms with Gasteiger partial charge in [-0.1, -0.05) is 13.3 Å². The fraction of sp³-hybridized carbons (Fsp3) is 0.385. The summed E-state index contributed by atoms with van der Waals surface area (Å²) in [4.78, 5) is 0. The van der Waals surface area contributed by atoms with Gasteiger partial charge in [-0.3, -0.25) is 4.72 Å². The minimum Gasteiger partial charge on any atom is -1.00 e. The van der Waals surface area contributed by atoms with E-state index in [2.05, 4.69) is 11.6 Å². The molecule has 4 nitrogen and oxygen atoms in total. The largest absolute Gasteiger partial charge is 2.00 e. The summed E-state index contributed by atoms with van der Waals surface area (Å²) in [6, 6.07) is 7.25. The maximum absolute atomic E-state index is 11.1. The molecular formula is C13H19MgNO3S. The molecule has 0 atom stereocenters. The maximum atomic E-state index is 11.1. The SMILES string of the molecule is CCCCc1cc2cc(NS(C)(=O)=O)ccc2o1.[H-].[H-].[Mg+2]. The summed E-state index contributed by atoms with van der Waals surface area (Å²) in [5.41, 5.74) is 1.35. The van der Waals surface area contributed by atoms with Gasteiger partial charge in [0.05, 0.1) is 6.26 Å². The van der Waals surface area contributed by atoms with Crippen LogP contribution in [-0.2, 0) is 16.4 Å². The Hall–Kier alpha value is -0.724. The zero-order valence-electron chi connectivity index (χ0n) is 13.3. The van der Waals surface area contributed by atoms with Crippen LogP contribution in [0.1, 0.15) is 28.4 Å². The van der Waals surface area contributed by atoms with Crippen LogP contribution in [0.2, 0.25) is 0 Å². The molecule has 0 bridgehead atoms. The van der Waals surface area contributed by atoms with Crippen LogP contribution in [0.15, 0.2) is 28.7 Å². The molecule has 0 spiro atoms. The van der Waals surface area contributed by atoms with Crippen LogP contribution in [0.4, 0.5) is 5.69 Å². The van der Waals surface area contributed by atoms with Crippen molar-refractivity contribution in [1.82, 2.24) is 0 Å². The Morgan fingerprint density at radius 1 is 1.32 bits per heavy atom. The second-order valence-electron chi connectivity index (χ2n) is 4.44. The number of furan rings is 1. The van der Waals surface area contributed by atoms with E-state index in [1.165, 1.54) is 0 Å². The first-order chi connectivity index (χ1) is 8.48. The van der Waals surface area contributed by atoms with Gasteiger partial charge in [-0.2, -0.15) is 0 Å². The summed E-state index contributed by atoms with van der Waals surface area (Å²) >= 11 is 0. The third kappa shape index (κ3) is 4.70. The van der Waals surface area contributed by atoms with E-state index in [0.29, 0.717) is 5.69 Å². The van der Waals surface area contributed by atoms with Crippen molar-refractivity contribution < 1.29 is 15.7 Å². The van der Waals surface area contributed by atoms with Gasteiger partial charge in [0.15, 0.2) is 0 Å². The molecule has 102 valence electrons. The summed E-state index contributed by atoms with van der Waals surface area (Å²) in [7, 11) is -3.23. The van der Waals surface area contributed by atoms with E-state index in [9.17, 15) is 8.42 Å². The minimum absolute atomic E-state index is 0. The first-order valence-electron chi connectivity index (χ1n) is 5.98. The van der Waals surface area contributed by atoms with E-state index < -0.39 is 10.0 Å². The summed E-state index contributed by atoms with van der Waals surface area (Å²) in [5.74, 6) is 0.948. The molecule has 0 amide bonds. The van der Waals surface area contributed by atoms with Gasteiger partial charge >= 0.3 is 23.1 Å². The number of benzene rings is 1. The predicted octanol–water partition coefficient (Wildman–Crippen LogP) is 2.99. The third-order valence-electron chi connectivity index (χ3n) is 2.65. The fourth-order valence-electron chi connectivity index (χ4n) is 1.85. The summed E-state index contributed by atoms with van der Waals surface area (Å²) in [6.07, 6.45) is 4.27. The molecular weight excluding hydrogens is 275 g/mol. The van der Waals surface area contributed by atoms with E-state index in [0.717, 1.165) is 42.2 Å². The van der Waals surface area contributed by atoms with Crippen molar-refractivity contribution in [2.45, 2.75) is 26.2 Å². The molecule has 0 saturated carbocycles. The second kappa shape index (κ2) is 6.63. The molecule has 0 aliphatic rings. The van der Waals surface area contributed by atoms with Gasteiger partial charge in [-0.05, 0) is 30.7 Å². The molecule has 2 rings (SSSR count). The standard InChI is InChI=1S/C13H17NO3S.Mg.2H/c1-3-4-5-12-9-10-8-11(14-18(2,15)16)6-7-13(10)17-12;;;/h6-9,14H,3-5H2,1-2H3;;;/q;+2;2*-1. The second-order valence-corrected chi connectivity index (χ2v) is 6.19. The summed E-state index contributed by atoms with van der Waals surface area (Å²) in [6.45, 7) is 2.14. The van der Waals surface area contributed by atoms with Gasteiger partial charge < -0.3 is 7.27 Å². The number of hydrogen-bond acceptors (Lipinski definition) is 3. The van der Waals surface area contributed by atoms with Crippen molar-refractivity contribution in [3.8, 4) is 0 Å². The first kappa shape index (κ1) is 16.3. The Labute approximate surface area is 132 Å². The van der Waals surface area contributed by atoms with Crippen LogP contribution in [0, 0.1) is 0 Å². The van der Waals surface area contributed by atoms with Crippen LogP contribution in [-0.4, -0.2) is 37.7 Å². The molecule has 0 aliphatic carbocycles. The molecule has 0 saturated heterocycles. The van der Waals surface area contributed by atoms with Gasteiger partial charge in [0, 0.05) is 17.5 Å². The number of aryl methyl sites for hydroxylation is 1. The number of nitrogens with one attached hydrogen (secondary N) is 1. The molecule has 1 heterocycles. The molecule has 19 heavy (non-hydrogen) atoms. The van der Waals surface area contributed by atoms with Crippen molar-refractivity contribution >= 4 is 49.7 Å². The molecule has 1 aromatic heterocycles. The number of fused-ring (bicyclic) bond motifs is 1. The molecule has 1 N–H and O–H groups in total. The van der Waals surface area contributed by atoms with E-state index in [4.69, 9.17) is 4.42 Å². The van der Waals surface area contributed by atoms with Crippen LogP contribution in [0.3, 0.4) is 0 Å². The number of hydrogen-bond donors (Lipinski definition) is 1. The molecule has 0 fully saturated rings. The molecule has 0 unspecified atom stereocenters. The van der Waals surface area contributed by atoms with E-state index in [1.54, 1.807) is 18.2 Å². The molecule has 6 heteroatoms. The van der Waals surface area contributed by atoms with Crippen molar-refractivity contribution in [1.29, 1.82) is 0 Å². The number of rotatable bonds is 5. The molecule has 2 aromatic rings. The van der Waals surface area contributed by atoms with Crippen LogP contribution in [0.25, 0.3) is 11.0 Å². The summed E-state index contributed by atoms with van der Waals surface area (Å²) in [5, 5.41) is 0.926.